The highest BCUT2D eigenvalue weighted by atomic mass is 32.1. The first-order chi connectivity index (χ1) is 11.2. The van der Waals surface area contributed by atoms with Crippen LogP contribution in [0.2, 0.25) is 0 Å². The van der Waals surface area contributed by atoms with Crippen molar-refractivity contribution < 1.29 is 9.53 Å². The van der Waals surface area contributed by atoms with Crippen molar-refractivity contribution in [2.75, 3.05) is 11.9 Å². The summed E-state index contributed by atoms with van der Waals surface area (Å²) in [7, 11) is 0. The van der Waals surface area contributed by atoms with Gasteiger partial charge in [-0.1, -0.05) is 0 Å². The highest BCUT2D eigenvalue weighted by Gasteiger charge is 2.21. The van der Waals surface area contributed by atoms with Gasteiger partial charge in [-0.15, -0.1) is 11.3 Å². The average molecular weight is 327 g/mol. The average Bonchev–Trinajstić information content (AvgIpc) is 3.26. The first-order valence-electron chi connectivity index (χ1n) is 7.68. The Kier molecular flexibility index (Phi) is 3.63. The van der Waals surface area contributed by atoms with E-state index >= 15 is 0 Å². The summed E-state index contributed by atoms with van der Waals surface area (Å²) in [5.74, 6) is 0.788. The molecule has 1 amide bonds. The number of imidazole rings is 1. The second-order valence-electron chi connectivity index (χ2n) is 5.72. The van der Waals surface area contributed by atoms with E-state index in [1.54, 1.807) is 0 Å². The fourth-order valence-corrected chi connectivity index (χ4v) is 3.56. The molecule has 2 N–H and O–H groups in total. The lowest BCUT2D eigenvalue weighted by molar-refractivity contribution is 0.103. The number of benzene rings is 1. The summed E-state index contributed by atoms with van der Waals surface area (Å²) in [4.78, 5) is 22.0. The number of thiophene rings is 1. The van der Waals surface area contributed by atoms with Crippen molar-refractivity contribution in [1.82, 2.24) is 9.97 Å². The largest absolute Gasteiger partial charge is 0.370 e. The smallest absolute Gasteiger partial charge is 0.265 e. The number of hydrogen-bond acceptors (Lipinski definition) is 4. The Labute approximate surface area is 137 Å². The molecule has 2 aromatic heterocycles. The number of hydrogen-bond donors (Lipinski definition) is 2. The zero-order valence-corrected chi connectivity index (χ0v) is 13.6. The fraction of sp³-hybridized carbons (Fsp3) is 0.294. The van der Waals surface area contributed by atoms with Crippen LogP contribution in [-0.4, -0.2) is 22.5 Å². The number of fused-ring (bicyclic) bond motifs is 1. The van der Waals surface area contributed by atoms with Gasteiger partial charge in [-0.3, -0.25) is 4.79 Å². The molecule has 0 bridgehead atoms. The summed E-state index contributed by atoms with van der Waals surface area (Å²) >= 11 is 1.49. The number of aromatic nitrogens is 2. The van der Waals surface area contributed by atoms with Crippen LogP contribution in [0.3, 0.4) is 0 Å². The van der Waals surface area contributed by atoms with Gasteiger partial charge in [0.25, 0.3) is 5.91 Å². The van der Waals surface area contributed by atoms with E-state index in [-0.39, 0.29) is 12.0 Å². The van der Waals surface area contributed by atoms with Gasteiger partial charge < -0.3 is 15.0 Å². The molecule has 0 radical (unpaired) electrons. The predicted octanol–water partition coefficient (Wildman–Crippen LogP) is 4.04. The molecule has 0 spiro atoms. The molecule has 1 aromatic carbocycles. The number of amides is 1. The highest BCUT2D eigenvalue weighted by Crippen LogP contribution is 2.29. The van der Waals surface area contributed by atoms with E-state index in [0.29, 0.717) is 4.88 Å². The first-order valence-corrected chi connectivity index (χ1v) is 8.50. The van der Waals surface area contributed by atoms with Crippen LogP contribution in [0.1, 0.15) is 39.3 Å². The molecule has 0 saturated carbocycles. The molecule has 3 heterocycles. The number of nitrogens with zero attached hydrogens (tertiary/aromatic N) is 1. The molecule has 1 fully saturated rings. The van der Waals surface area contributed by atoms with Gasteiger partial charge in [-0.25, -0.2) is 4.98 Å². The second-order valence-corrected chi connectivity index (χ2v) is 7.01. The maximum absolute atomic E-state index is 12.2. The molecule has 4 rings (SSSR count). The van der Waals surface area contributed by atoms with Crippen molar-refractivity contribution in [1.29, 1.82) is 0 Å². The third-order valence-corrected chi connectivity index (χ3v) is 4.96. The van der Waals surface area contributed by atoms with E-state index in [1.165, 1.54) is 11.3 Å². The topological polar surface area (TPSA) is 67.0 Å². The molecule has 118 valence electrons. The lowest BCUT2D eigenvalue weighted by Crippen LogP contribution is -2.09. The monoisotopic (exact) mass is 327 g/mol. The van der Waals surface area contributed by atoms with Crippen LogP contribution in [-0.2, 0) is 4.74 Å². The zero-order valence-electron chi connectivity index (χ0n) is 12.8. The Balaban J connectivity index is 1.57. The molecule has 1 atom stereocenters. The van der Waals surface area contributed by atoms with E-state index in [0.717, 1.165) is 46.9 Å². The summed E-state index contributed by atoms with van der Waals surface area (Å²) < 4.78 is 5.66. The molecule has 1 saturated heterocycles. The Morgan fingerprint density at radius 2 is 2.30 bits per heavy atom. The van der Waals surface area contributed by atoms with Crippen LogP contribution in [0.5, 0.6) is 0 Å². The Morgan fingerprint density at radius 3 is 3.04 bits per heavy atom. The molecule has 3 aromatic rings. The van der Waals surface area contributed by atoms with Gasteiger partial charge in [-0.05, 0) is 50.1 Å². The molecule has 5 nitrogen and oxygen atoms in total. The summed E-state index contributed by atoms with van der Waals surface area (Å²) in [6.45, 7) is 2.79. The zero-order chi connectivity index (χ0) is 15.8. The van der Waals surface area contributed by atoms with Crippen LogP contribution in [0.4, 0.5) is 5.69 Å². The standard InChI is InChI=1S/C17H17N3O2S/c1-10-4-7-15(23-10)17(21)18-11-5-6-12-13(9-11)20-16(19-12)14-3-2-8-22-14/h4-7,9,14H,2-3,8H2,1H3,(H,18,21)(H,19,20). The molecule has 1 unspecified atom stereocenters. The third kappa shape index (κ3) is 2.87. The van der Waals surface area contributed by atoms with Gasteiger partial charge in [0.2, 0.25) is 0 Å². The SMILES string of the molecule is Cc1ccc(C(=O)Nc2ccc3nc(C4CCCO4)[nH]c3c2)s1. The number of ether oxygens (including phenoxy) is 1. The maximum atomic E-state index is 12.2. The summed E-state index contributed by atoms with van der Waals surface area (Å²) in [5.41, 5.74) is 2.56. The third-order valence-electron chi connectivity index (χ3n) is 3.96. The highest BCUT2D eigenvalue weighted by molar-refractivity contribution is 7.14. The van der Waals surface area contributed by atoms with Gasteiger partial charge >= 0.3 is 0 Å². The number of anilines is 1. The number of H-pyrrole nitrogens is 1. The van der Waals surface area contributed by atoms with Crippen LogP contribution >= 0.6 is 11.3 Å². The minimum Gasteiger partial charge on any atom is -0.370 e. The van der Waals surface area contributed by atoms with Gasteiger partial charge in [0, 0.05) is 17.2 Å². The van der Waals surface area contributed by atoms with Crippen molar-refractivity contribution in [2.45, 2.75) is 25.9 Å². The maximum Gasteiger partial charge on any atom is 0.265 e. The summed E-state index contributed by atoms with van der Waals surface area (Å²) in [5, 5.41) is 2.93. The predicted molar refractivity (Wildman–Crippen MR) is 91.0 cm³/mol. The lowest BCUT2D eigenvalue weighted by Gasteiger charge is -2.03. The molecule has 6 heteroatoms. The van der Waals surface area contributed by atoms with Crippen molar-refractivity contribution >= 4 is 34.0 Å². The van der Waals surface area contributed by atoms with E-state index in [2.05, 4.69) is 15.3 Å². The molecule has 0 aliphatic carbocycles. The van der Waals surface area contributed by atoms with Gasteiger partial charge in [0.15, 0.2) is 0 Å². The van der Waals surface area contributed by atoms with Crippen molar-refractivity contribution in [2.24, 2.45) is 0 Å². The van der Waals surface area contributed by atoms with E-state index in [4.69, 9.17) is 4.74 Å². The minimum absolute atomic E-state index is 0.0644. The number of aromatic amines is 1. The van der Waals surface area contributed by atoms with Gasteiger partial charge in [0.1, 0.15) is 11.9 Å². The number of aryl methyl sites for hydroxylation is 1. The van der Waals surface area contributed by atoms with Crippen molar-refractivity contribution in [3.8, 4) is 0 Å². The van der Waals surface area contributed by atoms with Crippen LogP contribution in [0, 0.1) is 6.92 Å². The van der Waals surface area contributed by atoms with E-state index in [1.807, 2.05) is 37.3 Å². The lowest BCUT2D eigenvalue weighted by atomic mass is 10.2. The van der Waals surface area contributed by atoms with Crippen LogP contribution < -0.4 is 5.32 Å². The molecule has 1 aliphatic heterocycles. The number of rotatable bonds is 3. The fourth-order valence-electron chi connectivity index (χ4n) is 2.80. The number of carbonyl (C=O) groups excluding carboxylic acids is 1. The molecule has 1 aliphatic rings. The molecule has 23 heavy (non-hydrogen) atoms. The number of carbonyl (C=O) groups is 1. The molecular weight excluding hydrogens is 310 g/mol. The van der Waals surface area contributed by atoms with E-state index in [9.17, 15) is 4.79 Å². The Morgan fingerprint density at radius 1 is 1.39 bits per heavy atom. The minimum atomic E-state index is -0.0821. The van der Waals surface area contributed by atoms with Gasteiger partial charge in [-0.2, -0.15) is 0 Å². The quantitative estimate of drug-likeness (QED) is 0.763. The van der Waals surface area contributed by atoms with Crippen molar-refractivity contribution in [3.63, 3.8) is 0 Å². The van der Waals surface area contributed by atoms with Gasteiger partial charge in [0.05, 0.1) is 15.9 Å². The van der Waals surface area contributed by atoms with E-state index < -0.39 is 0 Å². The summed E-state index contributed by atoms with van der Waals surface area (Å²) in [6.07, 6.45) is 2.14. The molecular formula is C17H17N3O2S. The van der Waals surface area contributed by atoms with Crippen LogP contribution in [0.25, 0.3) is 11.0 Å². The normalized spacial score (nSPS) is 17.7. The Hall–Kier alpha value is -2.18. The first kappa shape index (κ1) is 14.4. The summed E-state index contributed by atoms with van der Waals surface area (Å²) in [6, 6.07) is 9.50. The van der Waals surface area contributed by atoms with Crippen molar-refractivity contribution in [3.05, 3.63) is 45.9 Å². The number of nitrogens with one attached hydrogen (secondary N) is 2. The van der Waals surface area contributed by atoms with Crippen LogP contribution in [0.15, 0.2) is 30.3 Å². The Bertz CT molecular complexity index is 862. The second kappa shape index (κ2) is 5.79.